The van der Waals surface area contributed by atoms with Crippen LogP contribution in [0.5, 0.6) is 0 Å². The van der Waals surface area contributed by atoms with Gasteiger partial charge in [0.05, 0.1) is 0 Å². The van der Waals surface area contributed by atoms with Crippen LogP contribution in [0.2, 0.25) is 19.6 Å². The second-order valence-corrected chi connectivity index (χ2v) is 7.73. The maximum Gasteiger partial charge on any atom is 0.185 e. The van der Waals surface area contributed by atoms with E-state index in [1.54, 1.807) is 0 Å². The van der Waals surface area contributed by atoms with Gasteiger partial charge in [-0.25, -0.2) is 0 Å². The van der Waals surface area contributed by atoms with Crippen LogP contribution < -0.4 is 0 Å². The Bertz CT molecular complexity index is 147. The van der Waals surface area contributed by atoms with Crippen molar-refractivity contribution >= 4 is 8.32 Å². The molecule has 0 bridgehead atoms. The molecular weight excluding hydrogens is 140 g/mol. The topological polar surface area (TPSA) is 9.23 Å². The molecule has 1 nitrogen and oxygen atoms in total. The summed E-state index contributed by atoms with van der Waals surface area (Å²) in [4.78, 5) is 0. The molecule has 0 aliphatic heterocycles. The molecule has 58 valence electrons. The smallest absolute Gasteiger partial charge is 0.185 e. The second-order valence-electron chi connectivity index (χ2n) is 3.27. The van der Waals surface area contributed by atoms with E-state index >= 15 is 0 Å². The first-order valence-corrected chi connectivity index (χ1v) is 6.96. The van der Waals surface area contributed by atoms with E-state index < -0.39 is 8.32 Å². The van der Waals surface area contributed by atoms with Gasteiger partial charge in [0.1, 0.15) is 6.10 Å². The normalized spacial score (nSPS) is 13.7. The average molecular weight is 156 g/mol. The molecule has 0 saturated carbocycles. The Morgan fingerprint density at radius 1 is 1.30 bits per heavy atom. The number of hydrogen-bond donors (Lipinski definition) is 0. The van der Waals surface area contributed by atoms with E-state index in [-0.39, 0.29) is 6.10 Å². The second kappa shape index (κ2) is 3.80. The Labute approximate surface area is 64.9 Å². The lowest BCUT2D eigenvalue weighted by molar-refractivity contribution is 0.272. The summed E-state index contributed by atoms with van der Waals surface area (Å²) in [6.45, 7) is 10.3. The Morgan fingerprint density at radius 3 is 2.10 bits per heavy atom. The Balaban J connectivity index is 3.76. The van der Waals surface area contributed by atoms with Gasteiger partial charge in [-0.3, -0.25) is 0 Å². The van der Waals surface area contributed by atoms with Crippen LogP contribution in [-0.4, -0.2) is 14.4 Å². The van der Waals surface area contributed by atoms with Gasteiger partial charge in [0.15, 0.2) is 8.32 Å². The standard InChI is InChI=1S/C8H16OSi/c1-6-7-8(2)9-10(3,4)5/h8H,1-5H3/t8-/m1/s1. The van der Waals surface area contributed by atoms with Crippen LogP contribution in [0.1, 0.15) is 13.8 Å². The first-order valence-electron chi connectivity index (χ1n) is 3.56. The molecule has 0 fully saturated rings. The highest BCUT2D eigenvalue weighted by Gasteiger charge is 2.16. The van der Waals surface area contributed by atoms with Gasteiger partial charge in [-0.05, 0) is 33.5 Å². The Morgan fingerprint density at radius 2 is 1.80 bits per heavy atom. The van der Waals surface area contributed by atoms with E-state index in [0.717, 1.165) is 0 Å². The van der Waals surface area contributed by atoms with Crippen molar-refractivity contribution in [3.63, 3.8) is 0 Å². The third kappa shape index (κ3) is 5.87. The molecule has 0 unspecified atom stereocenters. The summed E-state index contributed by atoms with van der Waals surface area (Å²) in [5.74, 6) is 5.80. The fraction of sp³-hybridized carbons (Fsp3) is 0.750. The molecular formula is C8H16OSi. The van der Waals surface area contributed by atoms with Gasteiger partial charge in [-0.2, -0.15) is 0 Å². The summed E-state index contributed by atoms with van der Waals surface area (Å²) < 4.78 is 5.64. The molecule has 0 aliphatic carbocycles. The van der Waals surface area contributed by atoms with Crippen molar-refractivity contribution in [3.05, 3.63) is 0 Å². The van der Waals surface area contributed by atoms with E-state index in [9.17, 15) is 0 Å². The van der Waals surface area contributed by atoms with Crippen LogP contribution in [0.25, 0.3) is 0 Å². The van der Waals surface area contributed by atoms with Crippen molar-refractivity contribution in [1.82, 2.24) is 0 Å². The van der Waals surface area contributed by atoms with Crippen LogP contribution in [0.3, 0.4) is 0 Å². The summed E-state index contributed by atoms with van der Waals surface area (Å²) in [5.41, 5.74) is 0. The lowest BCUT2D eigenvalue weighted by Crippen LogP contribution is -2.29. The molecule has 0 rings (SSSR count). The molecule has 0 aromatic carbocycles. The first-order chi connectivity index (χ1) is 4.45. The zero-order valence-corrected chi connectivity index (χ0v) is 8.49. The Hall–Kier alpha value is -0.263. The lowest BCUT2D eigenvalue weighted by Gasteiger charge is -2.19. The summed E-state index contributed by atoms with van der Waals surface area (Å²) in [5, 5.41) is 0. The molecule has 0 N–H and O–H groups in total. The van der Waals surface area contributed by atoms with Crippen molar-refractivity contribution in [2.75, 3.05) is 0 Å². The van der Waals surface area contributed by atoms with E-state index in [0.29, 0.717) is 0 Å². The largest absolute Gasteiger partial charge is 0.404 e. The minimum atomic E-state index is -1.36. The zero-order valence-electron chi connectivity index (χ0n) is 7.49. The maximum atomic E-state index is 5.64. The highest BCUT2D eigenvalue weighted by Crippen LogP contribution is 2.05. The molecule has 0 radical (unpaired) electrons. The van der Waals surface area contributed by atoms with Crippen LogP contribution in [0.15, 0.2) is 0 Å². The van der Waals surface area contributed by atoms with Gasteiger partial charge in [-0.1, -0.05) is 5.92 Å². The quantitative estimate of drug-likeness (QED) is 0.440. The third-order valence-electron chi connectivity index (χ3n) is 0.878. The Kier molecular flexibility index (Phi) is 3.70. The van der Waals surface area contributed by atoms with Crippen LogP contribution in [0.4, 0.5) is 0 Å². The van der Waals surface area contributed by atoms with Crippen molar-refractivity contribution in [3.8, 4) is 11.8 Å². The van der Waals surface area contributed by atoms with Gasteiger partial charge in [-0.15, -0.1) is 5.92 Å². The maximum absolute atomic E-state index is 5.64. The molecule has 0 aromatic heterocycles. The zero-order chi connectivity index (χ0) is 8.20. The molecule has 10 heavy (non-hydrogen) atoms. The minimum absolute atomic E-state index is 0.108. The highest BCUT2D eigenvalue weighted by atomic mass is 28.4. The molecule has 0 amide bonds. The third-order valence-corrected chi connectivity index (χ3v) is 1.94. The van der Waals surface area contributed by atoms with Crippen LogP contribution in [0, 0.1) is 11.8 Å². The molecule has 2 heteroatoms. The van der Waals surface area contributed by atoms with Crippen molar-refractivity contribution in [2.24, 2.45) is 0 Å². The summed E-state index contributed by atoms with van der Waals surface area (Å²) in [6.07, 6.45) is 0.108. The molecule has 0 heterocycles. The van der Waals surface area contributed by atoms with E-state index in [1.807, 2.05) is 13.8 Å². The summed E-state index contributed by atoms with van der Waals surface area (Å²) >= 11 is 0. The fourth-order valence-electron chi connectivity index (χ4n) is 0.763. The minimum Gasteiger partial charge on any atom is -0.404 e. The predicted molar refractivity (Wildman–Crippen MR) is 47.3 cm³/mol. The van der Waals surface area contributed by atoms with E-state index in [2.05, 4.69) is 31.5 Å². The van der Waals surface area contributed by atoms with Gasteiger partial charge < -0.3 is 4.43 Å². The first kappa shape index (κ1) is 9.74. The van der Waals surface area contributed by atoms with Crippen molar-refractivity contribution in [1.29, 1.82) is 0 Å². The molecule has 0 aromatic rings. The average Bonchev–Trinajstić information content (AvgIpc) is 1.59. The highest BCUT2D eigenvalue weighted by molar-refractivity contribution is 6.69. The fourth-order valence-corrected chi connectivity index (χ4v) is 1.88. The van der Waals surface area contributed by atoms with Crippen molar-refractivity contribution < 1.29 is 4.43 Å². The van der Waals surface area contributed by atoms with E-state index in [4.69, 9.17) is 4.43 Å². The monoisotopic (exact) mass is 156 g/mol. The lowest BCUT2D eigenvalue weighted by atomic mass is 10.4. The van der Waals surface area contributed by atoms with E-state index in [1.165, 1.54) is 0 Å². The SMILES string of the molecule is CC#C[C@@H](C)O[Si](C)(C)C. The number of hydrogen-bond acceptors (Lipinski definition) is 1. The van der Waals surface area contributed by atoms with Gasteiger partial charge >= 0.3 is 0 Å². The van der Waals surface area contributed by atoms with Gasteiger partial charge in [0, 0.05) is 0 Å². The summed E-state index contributed by atoms with van der Waals surface area (Å²) in [7, 11) is -1.36. The van der Waals surface area contributed by atoms with Crippen molar-refractivity contribution in [2.45, 2.75) is 39.6 Å². The molecule has 0 spiro atoms. The van der Waals surface area contributed by atoms with Gasteiger partial charge in [0.2, 0.25) is 0 Å². The molecule has 0 aliphatic rings. The number of rotatable bonds is 2. The predicted octanol–water partition coefficient (Wildman–Crippen LogP) is 2.25. The van der Waals surface area contributed by atoms with Gasteiger partial charge in [0.25, 0.3) is 0 Å². The van der Waals surface area contributed by atoms with Crippen LogP contribution in [-0.2, 0) is 4.43 Å². The molecule has 0 saturated heterocycles. The molecule has 1 atom stereocenters. The van der Waals surface area contributed by atoms with Crippen LogP contribution >= 0.6 is 0 Å². The summed E-state index contributed by atoms with van der Waals surface area (Å²) in [6, 6.07) is 0.